The number of para-hydroxylation sites is 2. The maximum absolute atomic E-state index is 5.41. The number of anilines is 1. The SMILES string of the molecule is COc1ccccc1-n1cc(-c2ccnc(NCCc3cnccn3)n2)cn1. The fourth-order valence-corrected chi connectivity index (χ4v) is 2.77. The zero-order valence-corrected chi connectivity index (χ0v) is 15.4. The number of ether oxygens (including phenoxy) is 1. The van der Waals surface area contributed by atoms with Crippen molar-refractivity contribution in [3.63, 3.8) is 0 Å². The van der Waals surface area contributed by atoms with E-state index in [4.69, 9.17) is 4.74 Å². The van der Waals surface area contributed by atoms with E-state index >= 15 is 0 Å². The Morgan fingerprint density at radius 1 is 1.04 bits per heavy atom. The average molecular weight is 373 g/mol. The molecule has 0 fully saturated rings. The van der Waals surface area contributed by atoms with Crippen molar-refractivity contribution in [3.8, 4) is 22.7 Å². The molecule has 0 unspecified atom stereocenters. The minimum Gasteiger partial charge on any atom is -0.494 e. The van der Waals surface area contributed by atoms with Crippen LogP contribution in [0.3, 0.4) is 0 Å². The summed E-state index contributed by atoms with van der Waals surface area (Å²) in [6, 6.07) is 9.59. The van der Waals surface area contributed by atoms with Crippen molar-refractivity contribution in [1.29, 1.82) is 0 Å². The molecule has 28 heavy (non-hydrogen) atoms. The zero-order valence-electron chi connectivity index (χ0n) is 15.4. The Bertz CT molecular complexity index is 1050. The first-order chi connectivity index (χ1) is 13.8. The third kappa shape index (κ3) is 3.96. The van der Waals surface area contributed by atoms with E-state index < -0.39 is 0 Å². The number of hydrogen-bond acceptors (Lipinski definition) is 7. The Labute approximate surface area is 162 Å². The van der Waals surface area contributed by atoms with Gasteiger partial charge in [0.25, 0.3) is 0 Å². The summed E-state index contributed by atoms with van der Waals surface area (Å²) in [6.07, 6.45) is 11.3. The number of methoxy groups -OCH3 is 1. The van der Waals surface area contributed by atoms with Gasteiger partial charge in [-0.3, -0.25) is 9.97 Å². The van der Waals surface area contributed by atoms with Crippen LogP contribution in [-0.4, -0.2) is 43.4 Å². The summed E-state index contributed by atoms with van der Waals surface area (Å²) < 4.78 is 7.18. The number of nitrogens with zero attached hydrogens (tertiary/aromatic N) is 6. The van der Waals surface area contributed by atoms with Crippen molar-refractivity contribution in [2.75, 3.05) is 19.0 Å². The molecule has 1 N–H and O–H groups in total. The standard InChI is InChI=1S/C20H19N7O/c1-28-19-5-3-2-4-18(19)27-14-15(12-25-27)17-7-9-24-20(26-17)23-8-6-16-13-21-10-11-22-16/h2-5,7,9-14H,6,8H2,1H3,(H,23,24,26). The lowest BCUT2D eigenvalue weighted by molar-refractivity contribution is 0.411. The molecule has 0 amide bonds. The van der Waals surface area contributed by atoms with Crippen LogP contribution >= 0.6 is 0 Å². The van der Waals surface area contributed by atoms with Crippen LogP contribution in [-0.2, 0) is 6.42 Å². The van der Waals surface area contributed by atoms with Crippen LogP contribution in [0.2, 0.25) is 0 Å². The molecule has 0 saturated carbocycles. The highest BCUT2D eigenvalue weighted by molar-refractivity contribution is 5.59. The Balaban J connectivity index is 1.48. The molecule has 4 aromatic rings. The molecule has 0 spiro atoms. The summed E-state index contributed by atoms with van der Waals surface area (Å²) in [5.74, 6) is 1.32. The topological polar surface area (TPSA) is 90.6 Å². The molecule has 3 heterocycles. The molecule has 140 valence electrons. The van der Waals surface area contributed by atoms with E-state index in [0.717, 1.165) is 34.8 Å². The van der Waals surface area contributed by atoms with E-state index in [1.54, 1.807) is 42.8 Å². The van der Waals surface area contributed by atoms with Crippen molar-refractivity contribution in [2.45, 2.75) is 6.42 Å². The molecule has 3 aromatic heterocycles. The fourth-order valence-electron chi connectivity index (χ4n) is 2.77. The first-order valence-corrected chi connectivity index (χ1v) is 8.84. The van der Waals surface area contributed by atoms with Gasteiger partial charge in [0.2, 0.25) is 5.95 Å². The monoisotopic (exact) mass is 373 g/mol. The molecule has 0 aliphatic rings. The lowest BCUT2D eigenvalue weighted by atomic mass is 10.2. The van der Waals surface area contributed by atoms with Gasteiger partial charge in [-0.1, -0.05) is 12.1 Å². The number of hydrogen-bond donors (Lipinski definition) is 1. The van der Waals surface area contributed by atoms with Crippen LogP contribution in [0.25, 0.3) is 16.9 Å². The second kappa shape index (κ2) is 8.26. The van der Waals surface area contributed by atoms with Crippen molar-refractivity contribution < 1.29 is 4.74 Å². The zero-order chi connectivity index (χ0) is 19.2. The van der Waals surface area contributed by atoms with Gasteiger partial charge in [0.15, 0.2) is 0 Å². The van der Waals surface area contributed by atoms with Gasteiger partial charge in [0, 0.05) is 49.5 Å². The summed E-state index contributed by atoms with van der Waals surface area (Å²) in [6.45, 7) is 0.669. The normalized spacial score (nSPS) is 10.6. The third-order valence-electron chi connectivity index (χ3n) is 4.15. The predicted molar refractivity (Wildman–Crippen MR) is 105 cm³/mol. The second-order valence-corrected chi connectivity index (χ2v) is 5.98. The van der Waals surface area contributed by atoms with E-state index in [1.165, 1.54) is 0 Å². The van der Waals surface area contributed by atoms with Crippen molar-refractivity contribution in [1.82, 2.24) is 29.7 Å². The van der Waals surface area contributed by atoms with Gasteiger partial charge in [-0.2, -0.15) is 5.10 Å². The molecule has 0 aliphatic heterocycles. The molecule has 0 aliphatic carbocycles. The van der Waals surface area contributed by atoms with Gasteiger partial charge in [-0.15, -0.1) is 0 Å². The van der Waals surface area contributed by atoms with Crippen molar-refractivity contribution >= 4 is 5.95 Å². The summed E-state index contributed by atoms with van der Waals surface area (Å²) >= 11 is 0. The first-order valence-electron chi connectivity index (χ1n) is 8.84. The maximum Gasteiger partial charge on any atom is 0.223 e. The quantitative estimate of drug-likeness (QED) is 0.533. The molecular weight excluding hydrogens is 354 g/mol. The van der Waals surface area contributed by atoms with Crippen molar-refractivity contribution in [2.24, 2.45) is 0 Å². The minimum absolute atomic E-state index is 0.562. The average Bonchev–Trinajstić information content (AvgIpc) is 3.25. The molecule has 0 bridgehead atoms. The molecule has 8 heteroatoms. The number of benzene rings is 1. The van der Waals surface area contributed by atoms with Gasteiger partial charge in [-0.05, 0) is 18.2 Å². The third-order valence-corrected chi connectivity index (χ3v) is 4.15. The van der Waals surface area contributed by atoms with Crippen LogP contribution in [0, 0.1) is 0 Å². The van der Waals surface area contributed by atoms with E-state index in [2.05, 4.69) is 30.4 Å². The number of rotatable bonds is 7. The summed E-state index contributed by atoms with van der Waals surface area (Å²) in [5.41, 5.74) is 3.47. The Kier molecular flexibility index (Phi) is 5.19. The predicted octanol–water partition coefficient (Wildman–Crippen LogP) is 2.78. The van der Waals surface area contributed by atoms with Gasteiger partial charge in [0.05, 0.1) is 24.7 Å². The van der Waals surface area contributed by atoms with Crippen LogP contribution in [0.5, 0.6) is 5.75 Å². The van der Waals surface area contributed by atoms with Gasteiger partial charge >= 0.3 is 0 Å². The highest BCUT2D eigenvalue weighted by Gasteiger charge is 2.09. The highest BCUT2D eigenvalue weighted by atomic mass is 16.5. The Morgan fingerprint density at radius 3 is 2.82 bits per heavy atom. The minimum atomic E-state index is 0.562. The van der Waals surface area contributed by atoms with E-state index in [9.17, 15) is 0 Å². The molecule has 4 rings (SSSR count). The lowest BCUT2D eigenvalue weighted by Gasteiger charge is -2.07. The van der Waals surface area contributed by atoms with Gasteiger partial charge in [0.1, 0.15) is 11.4 Å². The number of nitrogens with one attached hydrogen (secondary N) is 1. The molecule has 0 saturated heterocycles. The molecular formula is C20H19N7O. The fraction of sp³-hybridized carbons (Fsp3) is 0.150. The van der Waals surface area contributed by atoms with Crippen LogP contribution in [0.4, 0.5) is 5.95 Å². The maximum atomic E-state index is 5.41. The van der Waals surface area contributed by atoms with Gasteiger partial charge < -0.3 is 10.1 Å². The van der Waals surface area contributed by atoms with Crippen LogP contribution in [0.15, 0.2) is 67.5 Å². The summed E-state index contributed by atoms with van der Waals surface area (Å²) in [5, 5.41) is 7.67. The number of aromatic nitrogens is 6. The molecule has 0 atom stereocenters. The molecule has 8 nitrogen and oxygen atoms in total. The summed E-state index contributed by atoms with van der Waals surface area (Å²) in [4.78, 5) is 17.2. The Morgan fingerprint density at radius 2 is 1.96 bits per heavy atom. The van der Waals surface area contributed by atoms with E-state index in [0.29, 0.717) is 12.5 Å². The largest absolute Gasteiger partial charge is 0.494 e. The highest BCUT2D eigenvalue weighted by Crippen LogP contribution is 2.24. The van der Waals surface area contributed by atoms with Crippen LogP contribution < -0.4 is 10.1 Å². The van der Waals surface area contributed by atoms with Gasteiger partial charge in [-0.25, -0.2) is 14.6 Å². The van der Waals surface area contributed by atoms with E-state index in [-0.39, 0.29) is 0 Å². The van der Waals surface area contributed by atoms with Crippen LogP contribution in [0.1, 0.15) is 5.69 Å². The summed E-state index contributed by atoms with van der Waals surface area (Å²) in [7, 11) is 1.65. The lowest BCUT2D eigenvalue weighted by Crippen LogP contribution is -2.09. The molecule has 1 aromatic carbocycles. The molecule has 0 radical (unpaired) electrons. The Hall–Kier alpha value is -3.81. The first kappa shape index (κ1) is 17.6. The smallest absolute Gasteiger partial charge is 0.223 e. The second-order valence-electron chi connectivity index (χ2n) is 5.98. The van der Waals surface area contributed by atoms with Crippen molar-refractivity contribution in [3.05, 3.63) is 73.2 Å². The van der Waals surface area contributed by atoms with E-state index in [1.807, 2.05) is 36.5 Å².